The topological polar surface area (TPSA) is 414 Å². The molecule has 0 amide bonds. The molecule has 0 bridgehead atoms. The lowest BCUT2D eigenvalue weighted by Crippen LogP contribution is -2.31. The van der Waals surface area contributed by atoms with Crippen molar-refractivity contribution in [3.63, 3.8) is 0 Å². The largest absolute Gasteiger partial charge is 0.466 e. The Balaban J connectivity index is 0.000000273. The van der Waals surface area contributed by atoms with Gasteiger partial charge in [0, 0.05) is 101 Å². The van der Waals surface area contributed by atoms with Gasteiger partial charge in [-0.3, -0.25) is 19.2 Å². The summed E-state index contributed by atoms with van der Waals surface area (Å²) in [5, 5.41) is 81.1. The predicted molar refractivity (Wildman–Crippen MR) is 422 cm³/mol. The van der Waals surface area contributed by atoms with Crippen LogP contribution in [0.25, 0.3) is 0 Å². The van der Waals surface area contributed by atoms with E-state index in [1.165, 1.54) is 0 Å². The van der Waals surface area contributed by atoms with Gasteiger partial charge in [0.2, 0.25) is 0 Å². The summed E-state index contributed by atoms with van der Waals surface area (Å²) in [6.45, 7) is 9.68. The number of nitriles is 8. The molecule has 4 atom stereocenters. The normalized spacial score (nSPS) is 20.8. The Labute approximate surface area is 689 Å². The van der Waals surface area contributed by atoms with Crippen LogP contribution in [0.15, 0.2) is 150 Å². The van der Waals surface area contributed by atoms with Crippen LogP contribution in [0.5, 0.6) is 0 Å². The van der Waals surface area contributed by atoms with Gasteiger partial charge in [0.1, 0.15) is 84.1 Å². The lowest BCUT2D eigenvalue weighted by molar-refractivity contribution is -0.151. The van der Waals surface area contributed by atoms with Gasteiger partial charge in [-0.15, -0.1) is 0 Å². The number of ether oxygens (including phenoxy) is 8. The highest BCUT2D eigenvalue weighted by Crippen LogP contribution is 2.44. The van der Waals surface area contributed by atoms with Gasteiger partial charge in [0.15, 0.2) is 0 Å². The number of likely N-dealkylation sites (tertiary alicyclic amines) is 4. The van der Waals surface area contributed by atoms with Crippen molar-refractivity contribution in [1.82, 2.24) is 19.6 Å². The molecular formula is C90H100N12O16. The monoisotopic (exact) mass is 1600 g/mol. The minimum Gasteiger partial charge on any atom is -0.466 e. The zero-order chi connectivity index (χ0) is 84.3. The number of nitrogens with zero attached hydrogens (tertiary/aromatic N) is 12. The van der Waals surface area contributed by atoms with Crippen LogP contribution >= 0.6 is 0 Å². The molecule has 2 aromatic rings. The van der Waals surface area contributed by atoms with E-state index in [1.54, 1.807) is 13.8 Å². The molecule has 28 heteroatoms. The first kappa shape index (κ1) is 89.2. The van der Waals surface area contributed by atoms with Crippen LogP contribution in [0.3, 0.4) is 0 Å². The van der Waals surface area contributed by atoms with Crippen molar-refractivity contribution in [2.75, 3.05) is 92.0 Å². The Kier molecular flexibility index (Phi) is 34.8. The van der Waals surface area contributed by atoms with Gasteiger partial charge in [0.25, 0.3) is 0 Å². The summed E-state index contributed by atoms with van der Waals surface area (Å²) in [5.41, 5.74) is 4.77. The standard InChI is InChI=1S/C50H52N6O8.C40H48N6O8/c51-29-41-39(25-37(27-45(41)55-19-9-10-20-55)47(57)63-33-35-15-5-3-6-16-35)43(31-53)49(59)61-23-13-1-2-14-24-62-50(60)44(32-54)40-26-38(48(58)64-34-36-17-7-4-8-18-36)28-46(42(40)30-52)56-21-11-12-22-56;1-3-51-37(47)27-19-29(31(23-41)35(21-27)45-13-7-8-14-45)33(25-43)39(49)53-17-11-5-6-12-18-54-40(50)34(26-44)30-20-28(38(48)52-4-2)22-36(32(30)24-42)46-15-9-10-16-46/h3-8,15-18,37-38H,1-2,9-14,19-28,33-34H2;27-28H,3-22H2,1-2H3/b43-39+,44-40+;33-29+,34-30+. The third-order valence-electron chi connectivity index (χ3n) is 22.2. The molecule has 8 aliphatic rings. The molecule has 0 spiro atoms. The van der Waals surface area contributed by atoms with Crippen molar-refractivity contribution in [2.45, 2.75) is 181 Å². The van der Waals surface area contributed by atoms with Gasteiger partial charge in [-0.25, -0.2) is 19.2 Å². The third kappa shape index (κ3) is 23.7. The van der Waals surface area contributed by atoms with E-state index in [4.69, 9.17) is 37.9 Å². The summed E-state index contributed by atoms with van der Waals surface area (Å²) in [6, 6.07) is 35.1. The highest BCUT2D eigenvalue weighted by atomic mass is 16.6. The molecular weight excluding hydrogens is 1510 g/mol. The quantitative estimate of drug-likeness (QED) is 0.0216. The molecule has 616 valence electrons. The van der Waals surface area contributed by atoms with E-state index in [-0.39, 0.29) is 158 Å². The van der Waals surface area contributed by atoms with Gasteiger partial charge in [-0.2, -0.15) is 42.1 Å². The van der Waals surface area contributed by atoms with Gasteiger partial charge in [-0.1, -0.05) is 60.7 Å². The number of allylic oxidation sites excluding steroid dienone is 12. The van der Waals surface area contributed by atoms with Gasteiger partial charge < -0.3 is 57.5 Å². The van der Waals surface area contributed by atoms with E-state index in [2.05, 4.69) is 34.1 Å². The van der Waals surface area contributed by atoms with Crippen LogP contribution in [0.4, 0.5) is 0 Å². The van der Waals surface area contributed by atoms with Crippen molar-refractivity contribution >= 4 is 47.8 Å². The number of carbonyl (C=O) groups is 8. The second-order valence-electron chi connectivity index (χ2n) is 29.9. The lowest BCUT2D eigenvalue weighted by Gasteiger charge is -2.31. The van der Waals surface area contributed by atoms with Crippen LogP contribution in [-0.2, 0) is 89.5 Å². The smallest absolute Gasteiger partial charge is 0.349 e. The van der Waals surface area contributed by atoms with Crippen molar-refractivity contribution in [3.8, 4) is 48.6 Å². The predicted octanol–water partition coefficient (Wildman–Crippen LogP) is 12.3. The molecule has 2 aromatic carbocycles. The fourth-order valence-electron chi connectivity index (χ4n) is 16.1. The molecule has 10 rings (SSSR count). The van der Waals surface area contributed by atoms with Gasteiger partial charge in [0.05, 0.1) is 85.6 Å². The number of esters is 8. The van der Waals surface area contributed by atoms with Crippen LogP contribution in [0.1, 0.15) is 179 Å². The van der Waals surface area contributed by atoms with Crippen molar-refractivity contribution in [3.05, 3.63) is 161 Å². The SMILES string of the molecule is CCOC(=O)C1CC(N2CCCC2)=C(C#N)/C(=C(\C#N)C(=O)OCCCCCCOC(=O)/C(C#N)=C2\CC(C(=O)OCC)CC(N3CCCC3)=C2C#N)C1.N#CC1=C(N2CCCC2)CC(C(=O)OCc2ccccc2)C/C1=C(/C#N)C(=O)OCCCCCCOC(=O)/C(C#N)=C1\CC(C(=O)OCc2ccccc2)CC(N2CCCC2)=C1C#N. The maximum atomic E-state index is 13.4. The first-order chi connectivity index (χ1) is 57.5. The van der Waals surface area contributed by atoms with E-state index in [9.17, 15) is 80.5 Å². The van der Waals surface area contributed by atoms with E-state index < -0.39 is 71.4 Å². The first-order valence-electron chi connectivity index (χ1n) is 41.0. The fourth-order valence-corrected chi connectivity index (χ4v) is 16.1. The Hall–Kier alpha value is -12.8. The second-order valence-corrected chi connectivity index (χ2v) is 29.9. The van der Waals surface area contributed by atoms with Crippen LogP contribution in [0.2, 0.25) is 0 Å². The minimum absolute atomic E-state index is 0.00748. The average Bonchev–Trinajstić information content (AvgIpc) is 0.986. The van der Waals surface area contributed by atoms with Crippen molar-refractivity contribution < 1.29 is 76.3 Å². The van der Waals surface area contributed by atoms with E-state index >= 15 is 0 Å². The van der Waals surface area contributed by atoms with E-state index in [0.29, 0.717) is 113 Å². The molecule has 4 saturated heterocycles. The Bertz CT molecular complexity index is 4390. The van der Waals surface area contributed by atoms with Gasteiger partial charge in [-0.05, 0) is 176 Å². The van der Waals surface area contributed by atoms with Crippen LogP contribution in [0, 0.1) is 114 Å². The molecule has 4 aliphatic heterocycles. The number of hydrogen-bond donors (Lipinski definition) is 0. The lowest BCUT2D eigenvalue weighted by atomic mass is 9.81. The van der Waals surface area contributed by atoms with E-state index in [1.807, 2.05) is 94.7 Å². The van der Waals surface area contributed by atoms with Crippen molar-refractivity contribution in [2.24, 2.45) is 23.7 Å². The molecule has 4 fully saturated rings. The average molecular weight is 1610 g/mol. The zero-order valence-electron chi connectivity index (χ0n) is 67.3. The Morgan fingerprint density at radius 2 is 0.525 bits per heavy atom. The van der Waals surface area contributed by atoms with Crippen molar-refractivity contribution in [1.29, 1.82) is 42.1 Å². The number of unbranched alkanes of at least 4 members (excludes halogenated alkanes) is 6. The number of carbonyl (C=O) groups excluding carboxylic acids is 8. The zero-order valence-corrected chi connectivity index (χ0v) is 67.3. The summed E-state index contributed by atoms with van der Waals surface area (Å²) in [7, 11) is 0. The maximum absolute atomic E-state index is 13.4. The fraction of sp³-hybridized carbons (Fsp3) is 0.511. The maximum Gasteiger partial charge on any atom is 0.349 e. The number of benzene rings is 2. The molecule has 4 heterocycles. The highest BCUT2D eigenvalue weighted by molar-refractivity contribution is 5.98. The summed E-state index contributed by atoms with van der Waals surface area (Å²) >= 11 is 0. The Morgan fingerprint density at radius 3 is 0.729 bits per heavy atom. The van der Waals surface area contributed by atoms with Crippen LogP contribution in [-0.4, -0.2) is 159 Å². The third-order valence-corrected chi connectivity index (χ3v) is 22.2. The Morgan fingerprint density at radius 1 is 0.305 bits per heavy atom. The molecule has 0 saturated carbocycles. The molecule has 118 heavy (non-hydrogen) atoms. The molecule has 4 aliphatic carbocycles. The summed E-state index contributed by atoms with van der Waals surface area (Å²) in [4.78, 5) is 113. The number of hydrogen-bond acceptors (Lipinski definition) is 28. The first-order valence-corrected chi connectivity index (χ1v) is 41.0. The highest BCUT2D eigenvalue weighted by Gasteiger charge is 2.42. The summed E-state index contributed by atoms with van der Waals surface area (Å²) in [5.74, 6) is -7.91. The summed E-state index contributed by atoms with van der Waals surface area (Å²) < 4.78 is 43.7. The molecule has 28 nitrogen and oxygen atoms in total. The second kappa shape index (κ2) is 46.1. The molecule has 0 radical (unpaired) electrons. The van der Waals surface area contributed by atoms with E-state index in [0.717, 1.165) is 88.7 Å². The molecule has 0 N–H and O–H groups in total. The van der Waals surface area contributed by atoms with Gasteiger partial charge >= 0.3 is 47.8 Å². The number of rotatable bonds is 32. The molecule has 4 unspecified atom stereocenters. The molecule has 0 aromatic heterocycles. The minimum atomic E-state index is -0.872. The van der Waals surface area contributed by atoms with Crippen LogP contribution < -0.4 is 0 Å². The summed E-state index contributed by atoms with van der Waals surface area (Å²) in [6.07, 6.45) is 12.8.